The molecular weight excluding hydrogens is 370 g/mol. The van der Waals surface area contributed by atoms with E-state index in [9.17, 15) is 24.6 Å². The molecule has 2 amide bonds. The number of rotatable bonds is 6. The fourth-order valence-electron chi connectivity index (χ4n) is 4.99. The average molecular weight is 395 g/mol. The van der Waals surface area contributed by atoms with Crippen molar-refractivity contribution in [1.29, 1.82) is 0 Å². The molecule has 0 aromatic rings. The van der Waals surface area contributed by atoms with E-state index >= 15 is 0 Å². The van der Waals surface area contributed by atoms with E-state index in [2.05, 4.69) is 5.32 Å². The summed E-state index contributed by atoms with van der Waals surface area (Å²) < 4.78 is 0. The van der Waals surface area contributed by atoms with E-state index in [-0.39, 0.29) is 52.6 Å². The van der Waals surface area contributed by atoms with Crippen LogP contribution in [-0.2, 0) is 14.4 Å². The molecule has 27 heavy (non-hydrogen) atoms. The molecule has 1 aliphatic carbocycles. The van der Waals surface area contributed by atoms with Gasteiger partial charge < -0.3 is 26.2 Å². The summed E-state index contributed by atoms with van der Waals surface area (Å²) in [4.78, 5) is 37.6. The van der Waals surface area contributed by atoms with Crippen molar-refractivity contribution in [3.8, 4) is 0 Å². The number of hydrogen-bond acceptors (Lipinski definition) is 6. The molecule has 4 aliphatic rings. The second-order valence-corrected chi connectivity index (χ2v) is 9.51. The molecule has 0 spiro atoms. The summed E-state index contributed by atoms with van der Waals surface area (Å²) in [6.07, 6.45) is 0.879. The molecule has 9 heteroatoms. The first kappa shape index (κ1) is 18.8. The third-order valence-corrected chi connectivity index (χ3v) is 7.96. The molecule has 0 unspecified atom stereocenters. The number of carbonyl (C=O) groups excluding carboxylic acids is 2. The number of carbonyl (C=O) groups is 3. The van der Waals surface area contributed by atoms with Gasteiger partial charge in [0.05, 0.1) is 18.1 Å². The molecule has 0 radical (unpaired) electrons. The van der Waals surface area contributed by atoms with Crippen LogP contribution >= 0.6 is 11.8 Å². The number of aliphatic hydroxyl groups excluding tert-OH is 1. The highest BCUT2D eigenvalue weighted by atomic mass is 32.2. The van der Waals surface area contributed by atoms with Crippen molar-refractivity contribution in [2.24, 2.45) is 29.4 Å². The first-order chi connectivity index (χ1) is 12.7. The Balaban J connectivity index is 1.48. The molecular formula is C18H25N3O5S. The van der Waals surface area contributed by atoms with Gasteiger partial charge in [-0.15, -0.1) is 11.8 Å². The zero-order chi connectivity index (χ0) is 19.6. The molecule has 2 saturated heterocycles. The minimum absolute atomic E-state index is 0.0446. The number of β-lactam (4-membered cyclic amide) rings is 1. The molecule has 4 rings (SSSR count). The Labute approximate surface area is 161 Å². The Kier molecular flexibility index (Phi) is 4.51. The highest BCUT2D eigenvalue weighted by Gasteiger charge is 2.60. The van der Waals surface area contributed by atoms with E-state index in [1.807, 2.05) is 6.92 Å². The fourth-order valence-corrected chi connectivity index (χ4v) is 6.49. The molecule has 0 aromatic carbocycles. The van der Waals surface area contributed by atoms with Gasteiger partial charge in [0.1, 0.15) is 5.70 Å². The second kappa shape index (κ2) is 6.49. The van der Waals surface area contributed by atoms with Crippen LogP contribution in [0.25, 0.3) is 0 Å². The Morgan fingerprint density at radius 1 is 1.37 bits per heavy atom. The van der Waals surface area contributed by atoms with Gasteiger partial charge >= 0.3 is 5.97 Å². The summed E-state index contributed by atoms with van der Waals surface area (Å²) in [6.45, 7) is 4.25. The number of nitrogens with two attached hydrogens (primary N) is 1. The third kappa shape index (κ3) is 2.87. The van der Waals surface area contributed by atoms with Crippen LogP contribution in [0.4, 0.5) is 0 Å². The van der Waals surface area contributed by atoms with Crippen molar-refractivity contribution in [2.45, 2.75) is 50.1 Å². The van der Waals surface area contributed by atoms with Gasteiger partial charge in [0.15, 0.2) is 0 Å². The third-order valence-electron chi connectivity index (χ3n) is 6.45. The quantitative estimate of drug-likeness (QED) is 0.455. The SMILES string of the molecule is C[C@@H](O)[C@H]1C(=O)N2C(C(=O)O)=C(S[C@@H]3CN[C@H]([C@@H]4C[C@H]4C(N)=O)C3)[C@H](C)[C@H]12. The monoisotopic (exact) mass is 395 g/mol. The number of nitrogens with one attached hydrogen (secondary N) is 1. The Morgan fingerprint density at radius 2 is 2.07 bits per heavy atom. The normalized spacial score (nSPS) is 41.4. The number of primary amides is 1. The van der Waals surface area contributed by atoms with Gasteiger partial charge in [-0.25, -0.2) is 4.79 Å². The molecule has 0 aromatic heterocycles. The lowest BCUT2D eigenvalue weighted by Crippen LogP contribution is -2.63. The fraction of sp³-hybridized carbons (Fsp3) is 0.722. The van der Waals surface area contributed by atoms with E-state index in [0.717, 1.165) is 24.3 Å². The van der Waals surface area contributed by atoms with E-state index in [4.69, 9.17) is 5.73 Å². The molecule has 0 bridgehead atoms. The Morgan fingerprint density at radius 3 is 2.63 bits per heavy atom. The van der Waals surface area contributed by atoms with Crippen LogP contribution in [0.5, 0.6) is 0 Å². The number of amides is 2. The second-order valence-electron chi connectivity index (χ2n) is 8.17. The smallest absolute Gasteiger partial charge is 0.353 e. The number of thioether (sulfide) groups is 1. The van der Waals surface area contributed by atoms with Crippen LogP contribution in [0.2, 0.25) is 0 Å². The first-order valence-electron chi connectivity index (χ1n) is 9.40. The number of carboxylic acid groups (broad SMARTS) is 1. The van der Waals surface area contributed by atoms with Crippen LogP contribution in [0.15, 0.2) is 10.6 Å². The van der Waals surface area contributed by atoms with Gasteiger partial charge in [-0.3, -0.25) is 9.59 Å². The molecule has 148 valence electrons. The summed E-state index contributed by atoms with van der Waals surface area (Å²) in [5, 5.41) is 23.2. The van der Waals surface area contributed by atoms with Gasteiger partial charge in [0.2, 0.25) is 11.8 Å². The maximum Gasteiger partial charge on any atom is 0.353 e. The first-order valence-corrected chi connectivity index (χ1v) is 10.3. The minimum Gasteiger partial charge on any atom is -0.477 e. The van der Waals surface area contributed by atoms with Crippen molar-refractivity contribution >= 4 is 29.5 Å². The van der Waals surface area contributed by atoms with Crippen molar-refractivity contribution in [1.82, 2.24) is 10.2 Å². The van der Waals surface area contributed by atoms with Crippen LogP contribution in [-0.4, -0.2) is 62.9 Å². The zero-order valence-electron chi connectivity index (χ0n) is 15.3. The van der Waals surface area contributed by atoms with E-state index in [1.165, 1.54) is 16.7 Å². The highest BCUT2D eigenvalue weighted by molar-refractivity contribution is 8.03. The number of hydrogen-bond donors (Lipinski definition) is 4. The minimum atomic E-state index is -1.09. The van der Waals surface area contributed by atoms with Crippen molar-refractivity contribution in [2.75, 3.05) is 6.54 Å². The van der Waals surface area contributed by atoms with Crippen LogP contribution in [0.3, 0.4) is 0 Å². The summed E-state index contributed by atoms with van der Waals surface area (Å²) in [7, 11) is 0. The maximum absolute atomic E-state index is 12.4. The molecule has 3 heterocycles. The lowest BCUT2D eigenvalue weighted by Gasteiger charge is -2.46. The number of nitrogens with zero attached hydrogens (tertiary/aromatic N) is 1. The van der Waals surface area contributed by atoms with Crippen molar-refractivity contribution in [3.05, 3.63) is 10.6 Å². The summed E-state index contributed by atoms with van der Waals surface area (Å²) in [6, 6.07) is -0.0478. The summed E-state index contributed by atoms with van der Waals surface area (Å²) in [5.74, 6) is -2.06. The molecule has 5 N–H and O–H groups in total. The average Bonchev–Trinajstić information content (AvgIpc) is 3.19. The predicted molar refractivity (Wildman–Crippen MR) is 98.2 cm³/mol. The van der Waals surface area contributed by atoms with E-state index in [0.29, 0.717) is 0 Å². The number of fused-ring (bicyclic) bond motifs is 1. The van der Waals surface area contributed by atoms with E-state index in [1.54, 1.807) is 6.92 Å². The van der Waals surface area contributed by atoms with Crippen LogP contribution in [0.1, 0.15) is 26.7 Å². The topological polar surface area (TPSA) is 133 Å². The highest BCUT2D eigenvalue weighted by Crippen LogP contribution is 2.52. The maximum atomic E-state index is 12.4. The lowest BCUT2D eigenvalue weighted by molar-refractivity contribution is -0.163. The number of carboxylic acids is 1. The molecule has 3 aliphatic heterocycles. The number of aliphatic carboxylic acids is 1. The molecule has 3 fully saturated rings. The molecule has 1 saturated carbocycles. The van der Waals surface area contributed by atoms with Crippen LogP contribution < -0.4 is 11.1 Å². The molecule has 8 nitrogen and oxygen atoms in total. The van der Waals surface area contributed by atoms with E-state index < -0.39 is 18.0 Å². The zero-order valence-corrected chi connectivity index (χ0v) is 16.1. The largest absolute Gasteiger partial charge is 0.477 e. The van der Waals surface area contributed by atoms with Crippen molar-refractivity contribution < 1.29 is 24.6 Å². The van der Waals surface area contributed by atoms with Gasteiger partial charge in [-0.2, -0.15) is 0 Å². The summed E-state index contributed by atoms with van der Waals surface area (Å²) in [5.41, 5.74) is 5.45. The van der Waals surface area contributed by atoms with Gasteiger partial charge in [-0.05, 0) is 25.7 Å². The summed E-state index contributed by atoms with van der Waals surface area (Å²) >= 11 is 1.53. The Bertz CT molecular complexity index is 739. The van der Waals surface area contributed by atoms with Gasteiger partial charge in [0.25, 0.3) is 0 Å². The van der Waals surface area contributed by atoms with Gasteiger partial charge in [0, 0.05) is 34.6 Å². The predicted octanol–water partition coefficient (Wildman–Crippen LogP) is -0.275. The van der Waals surface area contributed by atoms with Crippen LogP contribution in [0, 0.1) is 23.7 Å². The lowest BCUT2D eigenvalue weighted by atomic mass is 9.79. The van der Waals surface area contributed by atoms with Crippen molar-refractivity contribution in [3.63, 3.8) is 0 Å². The van der Waals surface area contributed by atoms with Gasteiger partial charge in [-0.1, -0.05) is 6.92 Å². The number of aliphatic hydroxyl groups is 1. The standard InChI is InChI=1S/C18H25N3O5S/c1-6-13-12(7(2)22)17(24)21(13)14(18(25)26)15(6)27-8-3-11(20-5-8)9-4-10(9)16(19)23/h6-13,20,22H,3-5H2,1-2H3,(H2,19,23)(H,25,26)/t6-,7-,8+,9-,10-,11+,12-,13-/m1/s1. The molecule has 8 atom stereocenters. The Hall–Kier alpha value is -1.58.